The van der Waals surface area contributed by atoms with Gasteiger partial charge in [-0.1, -0.05) is 19.0 Å². The lowest BCUT2D eigenvalue weighted by Gasteiger charge is -2.34. The molecule has 2 atom stereocenters. The van der Waals surface area contributed by atoms with Crippen molar-refractivity contribution in [2.45, 2.75) is 70.4 Å². The molecule has 0 saturated carbocycles. The Morgan fingerprint density at radius 2 is 1.79 bits per heavy atom. The van der Waals surface area contributed by atoms with Crippen LogP contribution in [0.2, 0.25) is 0 Å². The van der Waals surface area contributed by atoms with E-state index in [4.69, 9.17) is 19.7 Å². The molecule has 2 aliphatic heterocycles. The Morgan fingerprint density at radius 1 is 1.08 bits per heavy atom. The molecular weight excluding hydrogens is 623 g/mol. The van der Waals surface area contributed by atoms with Crippen LogP contribution in [0, 0.1) is 11.7 Å². The summed E-state index contributed by atoms with van der Waals surface area (Å²) >= 11 is 0. The second-order valence-electron chi connectivity index (χ2n) is 12.5. The Labute approximate surface area is 278 Å². The van der Waals surface area contributed by atoms with Crippen molar-refractivity contribution in [3.63, 3.8) is 0 Å². The first kappa shape index (κ1) is 34.5. The Kier molecular flexibility index (Phi) is 11.0. The number of benzene rings is 2. The first-order valence-corrected chi connectivity index (χ1v) is 16.3. The van der Waals surface area contributed by atoms with E-state index in [1.807, 2.05) is 13.8 Å². The fraction of sp³-hybridized carbons (Fsp3) is 0.500. The number of anilines is 2. The third-order valence-corrected chi connectivity index (χ3v) is 9.04. The zero-order chi connectivity index (χ0) is 34.4. The van der Waals surface area contributed by atoms with Gasteiger partial charge in [0, 0.05) is 42.9 Å². The molecule has 2 saturated heterocycles. The topological polar surface area (TPSA) is 165 Å². The molecule has 3 aromatic rings. The standard InChI is InChI=1S/C34H43FN6O7/c1-21(2)31-37-33(48-38-31)39-17-14-22(15-18-39)6-5-19-47-25-12-13-26(27(35)20-25)29(32(43)40-16-4-7-28(40)30(36)42)41(34(44)45)23-8-10-24(46-3)11-9-23/h8-13,20-22,28-29H,4-7,14-19H2,1-3H3,(H2,36,42)(H,44,45). The molecule has 2 fully saturated rings. The van der Waals surface area contributed by atoms with Gasteiger partial charge in [0.25, 0.3) is 5.91 Å². The van der Waals surface area contributed by atoms with E-state index < -0.39 is 35.8 Å². The second-order valence-corrected chi connectivity index (χ2v) is 12.5. The van der Waals surface area contributed by atoms with Crippen molar-refractivity contribution in [3.05, 3.63) is 59.7 Å². The molecule has 0 spiro atoms. The van der Waals surface area contributed by atoms with Gasteiger partial charge in [0.05, 0.1) is 13.7 Å². The molecule has 1 aromatic heterocycles. The van der Waals surface area contributed by atoms with Gasteiger partial charge in [0.15, 0.2) is 5.82 Å². The largest absolute Gasteiger partial charge is 0.497 e. The lowest BCUT2D eigenvalue weighted by molar-refractivity contribution is -0.138. The third-order valence-electron chi connectivity index (χ3n) is 9.04. The van der Waals surface area contributed by atoms with Crippen LogP contribution in [0.25, 0.3) is 0 Å². The summed E-state index contributed by atoms with van der Waals surface area (Å²) in [6.45, 7) is 6.27. The molecule has 258 valence electrons. The number of methoxy groups -OCH3 is 1. The number of piperidine rings is 1. The van der Waals surface area contributed by atoms with E-state index in [0.29, 0.717) is 43.0 Å². The van der Waals surface area contributed by atoms with Crippen LogP contribution in [0.4, 0.5) is 20.9 Å². The van der Waals surface area contributed by atoms with Crippen LogP contribution in [0.5, 0.6) is 11.5 Å². The van der Waals surface area contributed by atoms with Gasteiger partial charge in [-0.05, 0) is 80.8 Å². The number of nitrogens with zero attached hydrogens (tertiary/aromatic N) is 5. The number of likely N-dealkylation sites (tertiary alicyclic amines) is 1. The predicted octanol–water partition coefficient (Wildman–Crippen LogP) is 5.12. The van der Waals surface area contributed by atoms with E-state index in [9.17, 15) is 19.5 Å². The quantitative estimate of drug-likeness (QED) is 0.234. The molecule has 14 heteroatoms. The number of halogens is 1. The number of carbonyl (C=O) groups excluding carboxylic acids is 2. The van der Waals surface area contributed by atoms with Gasteiger partial charge in [-0.2, -0.15) is 4.98 Å². The molecule has 0 aliphatic carbocycles. The number of ether oxygens (including phenoxy) is 2. The summed E-state index contributed by atoms with van der Waals surface area (Å²) in [5.41, 5.74) is 5.51. The minimum atomic E-state index is -1.63. The van der Waals surface area contributed by atoms with Crippen molar-refractivity contribution < 1.29 is 37.9 Å². The van der Waals surface area contributed by atoms with Crippen molar-refractivity contribution in [2.24, 2.45) is 11.7 Å². The van der Waals surface area contributed by atoms with E-state index in [1.165, 1.54) is 36.3 Å². The number of hydrogen-bond acceptors (Lipinski definition) is 9. The third kappa shape index (κ3) is 7.80. The molecule has 5 rings (SSSR count). The second kappa shape index (κ2) is 15.3. The number of hydrogen-bond donors (Lipinski definition) is 2. The van der Waals surface area contributed by atoms with Crippen molar-refractivity contribution in [1.29, 1.82) is 0 Å². The molecule has 3 heterocycles. The van der Waals surface area contributed by atoms with Gasteiger partial charge in [0.1, 0.15) is 29.4 Å². The van der Waals surface area contributed by atoms with Crippen molar-refractivity contribution in [2.75, 3.05) is 43.2 Å². The summed E-state index contributed by atoms with van der Waals surface area (Å²) in [5.74, 6) is -0.0960. The van der Waals surface area contributed by atoms with E-state index in [-0.39, 0.29) is 29.5 Å². The van der Waals surface area contributed by atoms with Crippen LogP contribution in [0.1, 0.15) is 75.7 Å². The van der Waals surface area contributed by atoms with Gasteiger partial charge in [-0.15, -0.1) is 0 Å². The van der Waals surface area contributed by atoms with E-state index in [2.05, 4.69) is 15.0 Å². The SMILES string of the molecule is COc1ccc(N(C(=O)O)C(C(=O)N2CCCC2C(N)=O)c2ccc(OCCCC3CCN(c4nc(C(C)C)no4)CC3)cc2F)cc1. The summed E-state index contributed by atoms with van der Waals surface area (Å²) < 4.78 is 32.4. The van der Waals surface area contributed by atoms with E-state index in [1.54, 1.807) is 12.1 Å². The highest BCUT2D eigenvalue weighted by Crippen LogP contribution is 2.35. The van der Waals surface area contributed by atoms with Gasteiger partial charge in [0.2, 0.25) is 5.91 Å². The number of primary amides is 1. The van der Waals surface area contributed by atoms with E-state index in [0.717, 1.165) is 49.7 Å². The minimum Gasteiger partial charge on any atom is -0.497 e. The molecule has 3 N–H and O–H groups in total. The summed E-state index contributed by atoms with van der Waals surface area (Å²) in [5, 5.41) is 14.4. The number of aromatic nitrogens is 2. The highest BCUT2D eigenvalue weighted by Gasteiger charge is 2.42. The monoisotopic (exact) mass is 666 g/mol. The molecule has 0 bridgehead atoms. The average Bonchev–Trinajstić information content (AvgIpc) is 3.77. The molecule has 3 amide bonds. The highest BCUT2D eigenvalue weighted by molar-refractivity contribution is 5.99. The fourth-order valence-corrected chi connectivity index (χ4v) is 6.36. The van der Waals surface area contributed by atoms with Crippen LogP contribution in [-0.4, -0.2) is 77.4 Å². The van der Waals surface area contributed by atoms with E-state index >= 15 is 4.39 Å². The first-order chi connectivity index (χ1) is 23.1. The first-order valence-electron chi connectivity index (χ1n) is 16.3. The maximum atomic E-state index is 15.9. The number of rotatable bonds is 13. The molecule has 13 nitrogen and oxygen atoms in total. The van der Waals surface area contributed by atoms with Crippen LogP contribution in [0.3, 0.4) is 0 Å². The summed E-state index contributed by atoms with van der Waals surface area (Å²) in [6, 6.07) is 8.10. The number of carbonyl (C=O) groups is 3. The summed E-state index contributed by atoms with van der Waals surface area (Å²) in [7, 11) is 1.47. The molecule has 0 radical (unpaired) electrons. The van der Waals surface area contributed by atoms with Crippen molar-refractivity contribution in [1.82, 2.24) is 15.0 Å². The summed E-state index contributed by atoms with van der Waals surface area (Å²) in [4.78, 5) is 47.5. The van der Waals surface area contributed by atoms with Gasteiger partial charge < -0.3 is 34.6 Å². The number of nitrogens with two attached hydrogens (primary N) is 1. The normalized spacial score (nSPS) is 17.4. The molecule has 2 aromatic carbocycles. The lowest BCUT2D eigenvalue weighted by atomic mass is 9.92. The average molecular weight is 667 g/mol. The Bertz CT molecular complexity index is 1570. The zero-order valence-corrected chi connectivity index (χ0v) is 27.5. The van der Waals surface area contributed by atoms with Crippen LogP contribution >= 0.6 is 0 Å². The smallest absolute Gasteiger partial charge is 0.412 e. The molecule has 2 aliphatic rings. The van der Waals surface area contributed by atoms with Gasteiger partial charge >= 0.3 is 12.1 Å². The fourth-order valence-electron chi connectivity index (χ4n) is 6.36. The molecular formula is C34H43FN6O7. The highest BCUT2D eigenvalue weighted by atomic mass is 19.1. The van der Waals surface area contributed by atoms with Crippen molar-refractivity contribution >= 4 is 29.6 Å². The maximum Gasteiger partial charge on any atom is 0.412 e. The Hall–Kier alpha value is -4.88. The van der Waals surface area contributed by atoms with Crippen LogP contribution in [-0.2, 0) is 9.59 Å². The Morgan fingerprint density at radius 3 is 2.40 bits per heavy atom. The number of amides is 3. The van der Waals surface area contributed by atoms with Crippen LogP contribution in [0.15, 0.2) is 47.0 Å². The van der Waals surface area contributed by atoms with Crippen LogP contribution < -0.4 is 25.0 Å². The van der Waals surface area contributed by atoms with Gasteiger partial charge in [-0.3, -0.25) is 14.5 Å². The van der Waals surface area contributed by atoms with Crippen molar-refractivity contribution in [3.8, 4) is 11.5 Å². The molecule has 48 heavy (non-hydrogen) atoms. The minimum absolute atomic E-state index is 0.124. The predicted molar refractivity (Wildman–Crippen MR) is 175 cm³/mol. The lowest BCUT2D eigenvalue weighted by Crippen LogP contribution is -2.50. The number of carboxylic acid groups (broad SMARTS) is 1. The maximum absolute atomic E-state index is 15.9. The summed E-state index contributed by atoms with van der Waals surface area (Å²) in [6.07, 6.45) is 3.05. The molecule has 2 unspecified atom stereocenters. The Balaban J connectivity index is 1.25. The zero-order valence-electron chi connectivity index (χ0n) is 27.5. The van der Waals surface area contributed by atoms with Gasteiger partial charge in [-0.25, -0.2) is 9.18 Å².